The second-order valence-corrected chi connectivity index (χ2v) is 6.54. The number of rotatable bonds is 5. The van der Waals surface area contributed by atoms with Crippen molar-refractivity contribution < 1.29 is 0 Å². The van der Waals surface area contributed by atoms with Crippen LogP contribution < -0.4 is 10.6 Å². The lowest BCUT2D eigenvalue weighted by atomic mass is 10.3. The summed E-state index contributed by atoms with van der Waals surface area (Å²) in [6, 6.07) is 18.3. The fraction of sp³-hybridized carbons (Fsp3) is 0.133. The molecule has 20 heavy (non-hydrogen) atoms. The zero-order chi connectivity index (χ0) is 14.2. The van der Waals surface area contributed by atoms with Gasteiger partial charge in [0.2, 0.25) is 0 Å². The SMILES string of the molecule is S=C(NCCSc1ccccc1)Nc1ccc(Br)cc1. The molecule has 0 saturated heterocycles. The molecule has 0 aromatic heterocycles. The standard InChI is InChI=1S/C15H15BrN2S2/c16-12-6-8-13(9-7-12)18-15(19)17-10-11-20-14-4-2-1-3-5-14/h1-9H,10-11H2,(H2,17,18,19). The first-order valence-corrected chi connectivity index (χ1v) is 8.41. The molecule has 0 fully saturated rings. The van der Waals surface area contributed by atoms with Crippen molar-refractivity contribution in [3.8, 4) is 0 Å². The second-order valence-electron chi connectivity index (χ2n) is 4.05. The van der Waals surface area contributed by atoms with E-state index in [1.807, 2.05) is 42.1 Å². The predicted molar refractivity (Wildman–Crippen MR) is 95.5 cm³/mol. The number of thiocarbonyl (C=S) groups is 1. The summed E-state index contributed by atoms with van der Waals surface area (Å²) in [6.45, 7) is 0.835. The predicted octanol–water partition coefficient (Wildman–Crippen LogP) is 4.53. The second kappa shape index (κ2) is 8.29. The van der Waals surface area contributed by atoms with Gasteiger partial charge in [0.05, 0.1) is 0 Å². The van der Waals surface area contributed by atoms with Crippen LogP contribution in [0.15, 0.2) is 64.0 Å². The fourth-order valence-corrected chi connectivity index (χ4v) is 2.83. The summed E-state index contributed by atoms with van der Waals surface area (Å²) in [6.07, 6.45) is 0. The number of halogens is 1. The van der Waals surface area contributed by atoms with Gasteiger partial charge < -0.3 is 10.6 Å². The van der Waals surface area contributed by atoms with Gasteiger partial charge in [0, 0.05) is 27.4 Å². The molecule has 0 aliphatic carbocycles. The van der Waals surface area contributed by atoms with Crippen LogP contribution in [0.2, 0.25) is 0 Å². The highest BCUT2D eigenvalue weighted by Crippen LogP contribution is 2.16. The molecule has 0 heterocycles. The number of hydrogen-bond acceptors (Lipinski definition) is 2. The van der Waals surface area contributed by atoms with Gasteiger partial charge in [-0.1, -0.05) is 34.1 Å². The highest BCUT2D eigenvalue weighted by Gasteiger charge is 1.98. The lowest BCUT2D eigenvalue weighted by Crippen LogP contribution is -2.30. The molecule has 0 saturated carbocycles. The Labute approximate surface area is 137 Å². The molecule has 2 aromatic rings. The zero-order valence-electron chi connectivity index (χ0n) is 10.8. The summed E-state index contributed by atoms with van der Waals surface area (Å²) in [5.41, 5.74) is 0.987. The van der Waals surface area contributed by atoms with E-state index >= 15 is 0 Å². The van der Waals surface area contributed by atoms with E-state index in [2.05, 4.69) is 50.8 Å². The van der Waals surface area contributed by atoms with Gasteiger partial charge in [-0.2, -0.15) is 0 Å². The number of hydrogen-bond donors (Lipinski definition) is 2. The fourth-order valence-electron chi connectivity index (χ4n) is 1.56. The average molecular weight is 367 g/mol. The first kappa shape index (κ1) is 15.4. The van der Waals surface area contributed by atoms with Gasteiger partial charge in [0.1, 0.15) is 0 Å². The summed E-state index contributed by atoms with van der Waals surface area (Å²) < 4.78 is 1.06. The molecule has 2 rings (SSSR count). The van der Waals surface area contributed by atoms with Crippen molar-refractivity contribution in [2.75, 3.05) is 17.6 Å². The summed E-state index contributed by atoms with van der Waals surface area (Å²) in [4.78, 5) is 1.28. The molecule has 2 N–H and O–H groups in total. The Kier molecular flexibility index (Phi) is 6.36. The minimum absolute atomic E-state index is 0.654. The molecule has 0 aliphatic heterocycles. The van der Waals surface area contributed by atoms with Crippen molar-refractivity contribution in [1.82, 2.24) is 5.32 Å². The maximum absolute atomic E-state index is 5.26. The summed E-state index contributed by atoms with van der Waals surface area (Å²) >= 11 is 10.5. The maximum Gasteiger partial charge on any atom is 0.170 e. The Morgan fingerprint density at radius 1 is 1.05 bits per heavy atom. The van der Waals surface area contributed by atoms with E-state index in [-0.39, 0.29) is 0 Å². The van der Waals surface area contributed by atoms with E-state index in [0.29, 0.717) is 5.11 Å². The third-order valence-electron chi connectivity index (χ3n) is 2.50. The van der Waals surface area contributed by atoms with E-state index < -0.39 is 0 Å². The van der Waals surface area contributed by atoms with Gasteiger partial charge in [0.15, 0.2) is 5.11 Å². The Balaban J connectivity index is 1.66. The third-order valence-corrected chi connectivity index (χ3v) is 4.29. The van der Waals surface area contributed by atoms with Crippen LogP contribution in [0, 0.1) is 0 Å². The molecule has 0 amide bonds. The number of benzene rings is 2. The number of thioether (sulfide) groups is 1. The lowest BCUT2D eigenvalue weighted by molar-refractivity contribution is 0.990. The normalized spacial score (nSPS) is 10.1. The van der Waals surface area contributed by atoms with Crippen molar-refractivity contribution in [3.05, 3.63) is 59.1 Å². The van der Waals surface area contributed by atoms with Gasteiger partial charge in [-0.3, -0.25) is 0 Å². The average Bonchev–Trinajstić information content (AvgIpc) is 2.47. The van der Waals surface area contributed by atoms with Gasteiger partial charge in [-0.05, 0) is 48.6 Å². The molecule has 0 atom stereocenters. The highest BCUT2D eigenvalue weighted by atomic mass is 79.9. The molecule has 0 aliphatic rings. The monoisotopic (exact) mass is 366 g/mol. The van der Waals surface area contributed by atoms with Crippen molar-refractivity contribution in [3.63, 3.8) is 0 Å². The zero-order valence-corrected chi connectivity index (χ0v) is 14.0. The van der Waals surface area contributed by atoms with E-state index in [0.717, 1.165) is 22.5 Å². The van der Waals surface area contributed by atoms with E-state index in [4.69, 9.17) is 12.2 Å². The summed E-state index contributed by atoms with van der Waals surface area (Å²) in [7, 11) is 0. The largest absolute Gasteiger partial charge is 0.362 e. The van der Waals surface area contributed by atoms with E-state index in [1.54, 1.807) is 0 Å². The van der Waals surface area contributed by atoms with Gasteiger partial charge in [-0.25, -0.2) is 0 Å². The molecular formula is C15H15BrN2S2. The molecule has 0 unspecified atom stereocenters. The third kappa shape index (κ3) is 5.53. The number of anilines is 1. The Morgan fingerprint density at radius 2 is 1.75 bits per heavy atom. The van der Waals surface area contributed by atoms with E-state index in [1.165, 1.54) is 4.90 Å². The molecule has 104 valence electrons. The minimum atomic E-state index is 0.654. The van der Waals surface area contributed by atoms with E-state index in [9.17, 15) is 0 Å². The van der Waals surface area contributed by atoms with Crippen LogP contribution in [0.25, 0.3) is 0 Å². The number of nitrogens with one attached hydrogen (secondary N) is 2. The maximum atomic E-state index is 5.26. The van der Waals surface area contributed by atoms with Crippen LogP contribution in [-0.4, -0.2) is 17.4 Å². The smallest absolute Gasteiger partial charge is 0.170 e. The first-order valence-electron chi connectivity index (χ1n) is 6.22. The molecule has 0 spiro atoms. The van der Waals surface area contributed by atoms with Crippen LogP contribution in [-0.2, 0) is 0 Å². The Bertz CT molecular complexity index is 544. The van der Waals surface area contributed by atoms with Gasteiger partial charge in [-0.15, -0.1) is 11.8 Å². The molecular weight excluding hydrogens is 352 g/mol. The van der Waals surface area contributed by atoms with Crippen molar-refractivity contribution in [2.24, 2.45) is 0 Å². The van der Waals surface area contributed by atoms with Crippen LogP contribution in [0.1, 0.15) is 0 Å². The summed E-state index contributed by atoms with van der Waals surface area (Å²) in [5, 5.41) is 7.02. The topological polar surface area (TPSA) is 24.1 Å². The summed E-state index contributed by atoms with van der Waals surface area (Å²) in [5.74, 6) is 0.978. The molecule has 0 radical (unpaired) electrons. The quantitative estimate of drug-likeness (QED) is 0.461. The molecule has 5 heteroatoms. The highest BCUT2D eigenvalue weighted by molar-refractivity contribution is 9.10. The van der Waals surface area contributed by atoms with Crippen LogP contribution in [0.3, 0.4) is 0 Å². The van der Waals surface area contributed by atoms with Crippen LogP contribution in [0.5, 0.6) is 0 Å². The van der Waals surface area contributed by atoms with Gasteiger partial charge in [0.25, 0.3) is 0 Å². The van der Waals surface area contributed by atoms with Crippen LogP contribution in [0.4, 0.5) is 5.69 Å². The van der Waals surface area contributed by atoms with Crippen molar-refractivity contribution >= 4 is 50.7 Å². The minimum Gasteiger partial charge on any atom is -0.362 e. The van der Waals surface area contributed by atoms with Gasteiger partial charge >= 0.3 is 0 Å². The molecule has 0 bridgehead atoms. The first-order chi connectivity index (χ1) is 9.74. The van der Waals surface area contributed by atoms with Crippen molar-refractivity contribution in [1.29, 1.82) is 0 Å². The molecule has 2 nitrogen and oxygen atoms in total. The molecule has 2 aromatic carbocycles. The Hall–Kier alpha value is -1.04. The van der Waals surface area contributed by atoms with Crippen molar-refractivity contribution in [2.45, 2.75) is 4.90 Å². The Morgan fingerprint density at radius 3 is 2.45 bits per heavy atom. The lowest BCUT2D eigenvalue weighted by Gasteiger charge is -2.10. The van der Waals surface area contributed by atoms with Crippen LogP contribution >= 0.6 is 39.9 Å².